The lowest BCUT2D eigenvalue weighted by molar-refractivity contribution is -0.167. The highest BCUT2D eigenvalue weighted by Gasteiger charge is 2.19. The van der Waals surface area contributed by atoms with Gasteiger partial charge in [-0.2, -0.15) is 0 Å². The average Bonchev–Trinajstić information content (AvgIpc) is 3.29. The first-order chi connectivity index (χ1) is 31.5. The summed E-state index contributed by atoms with van der Waals surface area (Å²) >= 11 is 0. The molecule has 0 bridgehead atoms. The van der Waals surface area contributed by atoms with Crippen LogP contribution in [0.25, 0.3) is 0 Å². The van der Waals surface area contributed by atoms with Crippen molar-refractivity contribution in [2.75, 3.05) is 13.2 Å². The topological polar surface area (TPSA) is 78.9 Å². The summed E-state index contributed by atoms with van der Waals surface area (Å²) in [5.41, 5.74) is 0. The molecule has 6 nitrogen and oxygen atoms in total. The first-order valence-corrected chi connectivity index (χ1v) is 27.6. The maximum atomic E-state index is 12.8. The van der Waals surface area contributed by atoms with Crippen LogP contribution in [0.5, 0.6) is 0 Å². The van der Waals surface area contributed by atoms with Gasteiger partial charge in [0.15, 0.2) is 6.10 Å². The summed E-state index contributed by atoms with van der Waals surface area (Å²) in [6.45, 7) is 6.60. The van der Waals surface area contributed by atoms with E-state index in [4.69, 9.17) is 14.2 Å². The van der Waals surface area contributed by atoms with Crippen LogP contribution in [-0.4, -0.2) is 37.2 Å². The van der Waals surface area contributed by atoms with E-state index < -0.39 is 6.10 Å². The van der Waals surface area contributed by atoms with Crippen LogP contribution in [0, 0.1) is 0 Å². The van der Waals surface area contributed by atoms with Crippen LogP contribution < -0.4 is 0 Å². The molecular weight excluding hydrogens is 793 g/mol. The zero-order chi connectivity index (χ0) is 46.5. The fourth-order valence-electron chi connectivity index (χ4n) is 7.81. The van der Waals surface area contributed by atoms with Gasteiger partial charge in [-0.3, -0.25) is 14.4 Å². The van der Waals surface area contributed by atoms with E-state index in [0.717, 1.165) is 89.9 Å². The van der Waals surface area contributed by atoms with Crippen LogP contribution >= 0.6 is 0 Å². The van der Waals surface area contributed by atoms with Gasteiger partial charge in [-0.15, -0.1) is 0 Å². The van der Waals surface area contributed by atoms with Crippen molar-refractivity contribution in [2.24, 2.45) is 0 Å². The molecule has 372 valence electrons. The Morgan fingerprint density at radius 2 is 0.562 bits per heavy atom. The molecule has 0 spiro atoms. The maximum Gasteiger partial charge on any atom is 0.306 e. The van der Waals surface area contributed by atoms with E-state index in [1.54, 1.807) is 0 Å². The first kappa shape index (κ1) is 61.4. The molecule has 0 radical (unpaired) electrons. The number of rotatable bonds is 50. The number of ether oxygens (including phenoxy) is 3. The second-order valence-electron chi connectivity index (χ2n) is 18.5. The van der Waals surface area contributed by atoms with Crippen LogP contribution in [0.3, 0.4) is 0 Å². The summed E-state index contributed by atoms with van der Waals surface area (Å²) in [4.78, 5) is 38.1. The normalized spacial score (nSPS) is 12.4. The van der Waals surface area contributed by atoms with Crippen molar-refractivity contribution in [3.63, 3.8) is 0 Å². The van der Waals surface area contributed by atoms with Gasteiger partial charge in [0.25, 0.3) is 0 Å². The monoisotopic (exact) mass is 897 g/mol. The van der Waals surface area contributed by atoms with E-state index in [1.807, 2.05) is 0 Å². The van der Waals surface area contributed by atoms with E-state index in [9.17, 15) is 14.4 Å². The summed E-state index contributed by atoms with van der Waals surface area (Å²) in [7, 11) is 0. The predicted octanol–water partition coefficient (Wildman–Crippen LogP) is 18.3. The van der Waals surface area contributed by atoms with Gasteiger partial charge >= 0.3 is 17.9 Å². The Kier molecular flexibility index (Phi) is 50.8. The van der Waals surface area contributed by atoms with Gasteiger partial charge in [0, 0.05) is 19.3 Å². The summed E-state index contributed by atoms with van der Waals surface area (Å²) in [5, 5.41) is 0. The number of esters is 3. The van der Waals surface area contributed by atoms with Gasteiger partial charge in [-0.1, -0.05) is 211 Å². The molecule has 0 aromatic rings. The molecule has 0 saturated carbocycles. The number of unbranched alkanes of at least 4 members (excludes halogenated alkanes) is 31. The van der Waals surface area contributed by atoms with Crippen molar-refractivity contribution >= 4 is 17.9 Å². The number of allylic oxidation sites excluding steroid dienone is 8. The van der Waals surface area contributed by atoms with Crippen LogP contribution in [0.1, 0.15) is 284 Å². The molecule has 64 heavy (non-hydrogen) atoms. The van der Waals surface area contributed by atoms with Gasteiger partial charge in [-0.05, 0) is 103 Å². The molecule has 0 aromatic heterocycles. The highest BCUT2D eigenvalue weighted by atomic mass is 16.6. The van der Waals surface area contributed by atoms with Crippen molar-refractivity contribution < 1.29 is 28.6 Å². The summed E-state index contributed by atoms with van der Waals surface area (Å²) in [6, 6.07) is 0. The second-order valence-corrected chi connectivity index (χ2v) is 18.5. The fraction of sp³-hybridized carbons (Fsp3) is 0.810. The first-order valence-electron chi connectivity index (χ1n) is 27.6. The molecule has 0 aliphatic rings. The van der Waals surface area contributed by atoms with Gasteiger partial charge in [0.05, 0.1) is 0 Å². The third-order valence-corrected chi connectivity index (χ3v) is 12.0. The molecule has 0 saturated heterocycles. The zero-order valence-corrected chi connectivity index (χ0v) is 42.6. The fourth-order valence-corrected chi connectivity index (χ4v) is 7.81. The van der Waals surface area contributed by atoms with Gasteiger partial charge < -0.3 is 14.2 Å². The average molecular weight is 897 g/mol. The number of carbonyl (C=O) groups is 3. The minimum Gasteiger partial charge on any atom is -0.462 e. The molecule has 0 rings (SSSR count). The molecule has 1 unspecified atom stereocenters. The second kappa shape index (κ2) is 53.0. The Hall–Kier alpha value is -2.63. The minimum absolute atomic E-state index is 0.0821. The largest absolute Gasteiger partial charge is 0.462 e. The Morgan fingerprint density at radius 1 is 0.312 bits per heavy atom. The van der Waals surface area contributed by atoms with Crippen molar-refractivity contribution in [2.45, 2.75) is 290 Å². The molecule has 0 amide bonds. The molecule has 0 heterocycles. The lowest BCUT2D eigenvalue weighted by atomic mass is 10.1. The number of hydrogen-bond donors (Lipinski definition) is 0. The lowest BCUT2D eigenvalue weighted by Crippen LogP contribution is -2.30. The maximum absolute atomic E-state index is 12.8. The highest BCUT2D eigenvalue weighted by molar-refractivity contribution is 5.71. The highest BCUT2D eigenvalue weighted by Crippen LogP contribution is 2.15. The van der Waals surface area contributed by atoms with Crippen LogP contribution in [0.15, 0.2) is 48.6 Å². The van der Waals surface area contributed by atoms with Gasteiger partial charge in [-0.25, -0.2) is 0 Å². The summed E-state index contributed by atoms with van der Waals surface area (Å²) < 4.78 is 16.8. The van der Waals surface area contributed by atoms with Crippen LogP contribution in [-0.2, 0) is 28.6 Å². The lowest BCUT2D eigenvalue weighted by Gasteiger charge is -2.18. The molecule has 0 N–H and O–H groups in total. The Balaban J connectivity index is 4.38. The molecule has 0 fully saturated rings. The van der Waals surface area contributed by atoms with E-state index in [-0.39, 0.29) is 31.1 Å². The van der Waals surface area contributed by atoms with E-state index in [0.29, 0.717) is 19.3 Å². The molecular formula is C58H104O6. The quantitative estimate of drug-likeness (QED) is 0.0262. The molecule has 0 aliphatic heterocycles. The van der Waals surface area contributed by atoms with Crippen LogP contribution in [0.2, 0.25) is 0 Å². The third-order valence-electron chi connectivity index (χ3n) is 12.0. The van der Waals surface area contributed by atoms with Crippen molar-refractivity contribution in [1.82, 2.24) is 0 Å². The number of carbonyl (C=O) groups excluding carboxylic acids is 3. The Labute approximate surface area is 397 Å². The Bertz CT molecular complexity index is 1120. The summed E-state index contributed by atoms with van der Waals surface area (Å²) in [5.74, 6) is -0.897. The predicted molar refractivity (Wildman–Crippen MR) is 275 cm³/mol. The molecule has 1 atom stereocenters. The molecule has 6 heteroatoms. The molecule has 0 aliphatic carbocycles. The third kappa shape index (κ3) is 50.4. The zero-order valence-electron chi connectivity index (χ0n) is 42.6. The van der Waals surface area contributed by atoms with Crippen molar-refractivity contribution in [3.05, 3.63) is 48.6 Å². The number of hydrogen-bond acceptors (Lipinski definition) is 6. The molecule has 0 aromatic carbocycles. The standard InChI is InChI=1S/C58H104O6/c1-4-7-10-13-16-19-22-25-28-29-30-31-34-36-39-42-45-48-51-57(60)63-54-55(64-58(61)52-49-46-43-40-37-33-27-24-21-18-15-12-9-6-3)53-62-56(59)50-47-44-41-38-35-32-26-23-20-17-14-11-8-5-2/h19,22-24,26-29,55H,4-18,20-21,25,30-54H2,1-3H3/b22-19-,26-23-,27-24-,29-28-. The van der Waals surface area contributed by atoms with Gasteiger partial charge in [0.2, 0.25) is 0 Å². The van der Waals surface area contributed by atoms with E-state index in [2.05, 4.69) is 69.4 Å². The SMILES string of the molecule is CCCCCC/C=C\C/C=C\CCCCCCCCCC(=O)OCC(COC(=O)CCCCCCC/C=C\CCCCCCC)OC(=O)CCCCCCC/C=C\CCCCCCC. The minimum atomic E-state index is -0.783. The van der Waals surface area contributed by atoms with Crippen LogP contribution in [0.4, 0.5) is 0 Å². The van der Waals surface area contributed by atoms with E-state index >= 15 is 0 Å². The van der Waals surface area contributed by atoms with Crippen molar-refractivity contribution in [3.8, 4) is 0 Å². The van der Waals surface area contributed by atoms with E-state index in [1.165, 1.54) is 154 Å². The Morgan fingerprint density at radius 3 is 0.891 bits per heavy atom. The summed E-state index contributed by atoms with van der Waals surface area (Å²) in [6.07, 6.45) is 63.7. The van der Waals surface area contributed by atoms with Gasteiger partial charge in [0.1, 0.15) is 13.2 Å². The van der Waals surface area contributed by atoms with Crippen molar-refractivity contribution in [1.29, 1.82) is 0 Å². The smallest absolute Gasteiger partial charge is 0.306 e.